The van der Waals surface area contributed by atoms with Crippen LogP contribution in [0.1, 0.15) is 6.92 Å². The summed E-state index contributed by atoms with van der Waals surface area (Å²) in [6.45, 7) is 3.03. The van der Waals surface area contributed by atoms with Crippen molar-refractivity contribution in [2.45, 2.75) is 6.92 Å². The number of carbonyl (C=O) groups excluding carboxylic acids is 1. The summed E-state index contributed by atoms with van der Waals surface area (Å²) >= 11 is 1.82. The zero-order valence-corrected chi connectivity index (χ0v) is 6.45. The molecule has 0 rings (SSSR count). The van der Waals surface area contributed by atoms with E-state index in [1.54, 1.807) is 0 Å². The molecule has 0 unspecified atom stereocenters. The first-order valence-electron chi connectivity index (χ1n) is 3.01. The summed E-state index contributed by atoms with van der Waals surface area (Å²) in [5.74, 6) is 2.11. The molecule has 0 aliphatic rings. The molecule has 0 saturated carbocycles. The van der Waals surface area contributed by atoms with Gasteiger partial charge in [-0.25, -0.2) is 0 Å². The largest absolute Gasteiger partial charge is 0.373 e. The molecule has 0 heterocycles. The topological polar surface area (TPSA) is 26.3 Å². The summed E-state index contributed by atoms with van der Waals surface area (Å²) in [5.41, 5.74) is 0. The van der Waals surface area contributed by atoms with E-state index in [1.807, 2.05) is 11.8 Å². The molecule has 0 saturated heterocycles. The third kappa shape index (κ3) is 7.98. The average Bonchev–Trinajstić information content (AvgIpc) is 1.89. The lowest BCUT2D eigenvalue weighted by molar-refractivity contribution is -0.111. The van der Waals surface area contributed by atoms with Crippen molar-refractivity contribution in [3.63, 3.8) is 0 Å². The predicted octanol–water partition coefficient (Wildman–Crippen LogP) is 0.955. The normalized spacial score (nSPS) is 9.44. The molecule has 54 valence electrons. The van der Waals surface area contributed by atoms with Crippen molar-refractivity contribution < 1.29 is 9.53 Å². The number of thioether (sulfide) groups is 1. The van der Waals surface area contributed by atoms with E-state index < -0.39 is 0 Å². The Morgan fingerprint density at radius 2 is 2.44 bits per heavy atom. The molecule has 9 heavy (non-hydrogen) atoms. The lowest BCUT2D eigenvalue weighted by Crippen LogP contribution is -1.99. The third-order valence-corrected chi connectivity index (χ3v) is 1.63. The van der Waals surface area contributed by atoms with Crippen LogP contribution in [0.2, 0.25) is 0 Å². The van der Waals surface area contributed by atoms with Crippen molar-refractivity contribution in [1.82, 2.24) is 0 Å². The molecule has 0 aliphatic heterocycles. The first kappa shape index (κ1) is 8.98. The van der Waals surface area contributed by atoms with Crippen LogP contribution in [0.3, 0.4) is 0 Å². The average molecular weight is 148 g/mol. The molecular weight excluding hydrogens is 136 g/mol. The van der Waals surface area contributed by atoms with Crippen LogP contribution in [0.4, 0.5) is 0 Å². The van der Waals surface area contributed by atoms with Crippen molar-refractivity contribution >= 4 is 18.0 Å². The van der Waals surface area contributed by atoms with Gasteiger partial charge in [0.1, 0.15) is 12.9 Å². The maximum absolute atomic E-state index is 9.71. The standard InChI is InChI=1S/C6H12O2S/c1-2-9-6-5-8-4-3-7/h3H,2,4-6H2,1H3. The monoisotopic (exact) mass is 148 g/mol. The van der Waals surface area contributed by atoms with Gasteiger partial charge in [-0.05, 0) is 5.75 Å². The molecule has 0 bridgehead atoms. The highest BCUT2D eigenvalue weighted by Crippen LogP contribution is 1.96. The fourth-order valence-electron chi connectivity index (χ4n) is 0.394. The molecule has 2 nitrogen and oxygen atoms in total. The van der Waals surface area contributed by atoms with Gasteiger partial charge in [0.25, 0.3) is 0 Å². The molecule has 0 radical (unpaired) electrons. The van der Waals surface area contributed by atoms with Gasteiger partial charge in [-0.1, -0.05) is 6.92 Å². The molecule has 0 N–H and O–H groups in total. The Labute approximate surface area is 60.0 Å². The summed E-state index contributed by atoms with van der Waals surface area (Å²) in [6, 6.07) is 0. The second-order valence-corrected chi connectivity index (χ2v) is 2.83. The van der Waals surface area contributed by atoms with Crippen LogP contribution in [-0.4, -0.2) is 31.0 Å². The maximum Gasteiger partial charge on any atom is 0.145 e. The maximum atomic E-state index is 9.71. The lowest BCUT2D eigenvalue weighted by Gasteiger charge is -1.96. The Bertz CT molecular complexity index is 66.1. The first-order chi connectivity index (χ1) is 4.41. The second kappa shape index (κ2) is 7.98. The third-order valence-electron chi connectivity index (χ3n) is 0.762. The van der Waals surface area contributed by atoms with Gasteiger partial charge in [-0.3, -0.25) is 0 Å². The Morgan fingerprint density at radius 3 is 3.00 bits per heavy atom. The Balaban J connectivity index is 2.66. The van der Waals surface area contributed by atoms with Gasteiger partial charge >= 0.3 is 0 Å². The number of aldehydes is 1. The van der Waals surface area contributed by atoms with Gasteiger partial charge in [-0.15, -0.1) is 0 Å². The molecule has 0 aromatic heterocycles. The molecule has 0 aliphatic carbocycles. The van der Waals surface area contributed by atoms with E-state index >= 15 is 0 Å². The number of carbonyl (C=O) groups is 1. The Morgan fingerprint density at radius 1 is 1.67 bits per heavy atom. The van der Waals surface area contributed by atoms with E-state index in [0.717, 1.165) is 17.8 Å². The van der Waals surface area contributed by atoms with E-state index in [1.165, 1.54) is 0 Å². The van der Waals surface area contributed by atoms with E-state index in [0.29, 0.717) is 6.61 Å². The minimum Gasteiger partial charge on any atom is -0.373 e. The smallest absolute Gasteiger partial charge is 0.145 e. The summed E-state index contributed by atoms with van der Waals surface area (Å²) in [6.07, 6.45) is 0.774. The highest BCUT2D eigenvalue weighted by Gasteiger charge is 1.84. The number of rotatable bonds is 6. The quantitative estimate of drug-likeness (QED) is 0.414. The highest BCUT2D eigenvalue weighted by molar-refractivity contribution is 7.99. The number of hydrogen-bond donors (Lipinski definition) is 0. The molecule has 0 fully saturated rings. The number of ether oxygens (including phenoxy) is 1. The van der Waals surface area contributed by atoms with Crippen molar-refractivity contribution in [2.24, 2.45) is 0 Å². The van der Waals surface area contributed by atoms with Gasteiger partial charge in [0.15, 0.2) is 0 Å². The van der Waals surface area contributed by atoms with E-state index in [4.69, 9.17) is 4.74 Å². The van der Waals surface area contributed by atoms with Gasteiger partial charge in [0.05, 0.1) is 6.61 Å². The van der Waals surface area contributed by atoms with Crippen LogP contribution in [0.5, 0.6) is 0 Å². The zero-order chi connectivity index (χ0) is 6.95. The molecule has 0 spiro atoms. The summed E-state index contributed by atoms with van der Waals surface area (Å²) in [5, 5.41) is 0. The van der Waals surface area contributed by atoms with Crippen LogP contribution in [0.15, 0.2) is 0 Å². The summed E-state index contributed by atoms with van der Waals surface area (Å²) < 4.78 is 4.90. The van der Waals surface area contributed by atoms with Crippen LogP contribution in [0.25, 0.3) is 0 Å². The minimum atomic E-state index is 0.240. The molecule has 0 amide bonds. The first-order valence-corrected chi connectivity index (χ1v) is 4.16. The van der Waals surface area contributed by atoms with Gasteiger partial charge < -0.3 is 9.53 Å². The predicted molar refractivity (Wildman–Crippen MR) is 39.9 cm³/mol. The van der Waals surface area contributed by atoms with Gasteiger partial charge in [0.2, 0.25) is 0 Å². The van der Waals surface area contributed by atoms with Crippen molar-refractivity contribution in [3.05, 3.63) is 0 Å². The van der Waals surface area contributed by atoms with Gasteiger partial charge in [-0.2, -0.15) is 11.8 Å². The fraction of sp³-hybridized carbons (Fsp3) is 0.833. The summed E-state index contributed by atoms with van der Waals surface area (Å²) in [7, 11) is 0. The second-order valence-electron chi connectivity index (χ2n) is 1.44. The van der Waals surface area contributed by atoms with Crippen LogP contribution in [-0.2, 0) is 9.53 Å². The van der Waals surface area contributed by atoms with E-state index in [9.17, 15) is 4.79 Å². The SMILES string of the molecule is CCSCCOCC=O. The lowest BCUT2D eigenvalue weighted by atomic mass is 10.8. The van der Waals surface area contributed by atoms with Crippen LogP contribution in [0, 0.1) is 0 Å². The fourth-order valence-corrected chi connectivity index (χ4v) is 0.918. The van der Waals surface area contributed by atoms with Gasteiger partial charge in [0, 0.05) is 5.75 Å². The highest BCUT2D eigenvalue weighted by atomic mass is 32.2. The molecule has 0 atom stereocenters. The molecule has 0 aromatic carbocycles. The van der Waals surface area contributed by atoms with Crippen molar-refractivity contribution in [1.29, 1.82) is 0 Å². The molecule has 3 heteroatoms. The van der Waals surface area contributed by atoms with E-state index in [-0.39, 0.29) is 6.61 Å². The zero-order valence-electron chi connectivity index (χ0n) is 5.63. The Hall–Kier alpha value is -0.0200. The van der Waals surface area contributed by atoms with Crippen LogP contribution >= 0.6 is 11.8 Å². The molecule has 0 aromatic rings. The minimum absolute atomic E-state index is 0.240. The molecular formula is C6H12O2S. The Kier molecular flexibility index (Phi) is 7.96. The summed E-state index contributed by atoms with van der Waals surface area (Å²) in [4.78, 5) is 9.71. The van der Waals surface area contributed by atoms with Crippen LogP contribution < -0.4 is 0 Å². The van der Waals surface area contributed by atoms with Crippen molar-refractivity contribution in [3.8, 4) is 0 Å². The number of hydrogen-bond acceptors (Lipinski definition) is 3. The van der Waals surface area contributed by atoms with Crippen molar-refractivity contribution in [2.75, 3.05) is 24.7 Å². The van der Waals surface area contributed by atoms with E-state index in [2.05, 4.69) is 6.92 Å².